The van der Waals surface area contributed by atoms with Gasteiger partial charge in [0.1, 0.15) is 0 Å². The Kier molecular flexibility index (Phi) is 5.65. The zero-order chi connectivity index (χ0) is 16.9. The third-order valence-corrected chi connectivity index (χ3v) is 3.20. The van der Waals surface area contributed by atoms with Crippen LogP contribution in [0.5, 0.6) is 0 Å². The molecular weight excluding hydrogens is 304 g/mol. The first-order chi connectivity index (χ1) is 10.2. The van der Waals surface area contributed by atoms with Gasteiger partial charge < -0.3 is 25.2 Å². The smallest absolute Gasteiger partial charge is 0.409 e. The van der Waals surface area contributed by atoms with Crippen molar-refractivity contribution in [3.05, 3.63) is 0 Å². The molecule has 0 bridgehead atoms. The summed E-state index contributed by atoms with van der Waals surface area (Å²) in [5.74, 6) is -4.08. The van der Waals surface area contributed by atoms with Gasteiger partial charge in [-0.1, -0.05) is 0 Å². The fourth-order valence-corrected chi connectivity index (χ4v) is 2.19. The third-order valence-electron chi connectivity index (χ3n) is 3.20. The van der Waals surface area contributed by atoms with Crippen molar-refractivity contribution < 1.29 is 44.3 Å². The molecule has 2 atom stereocenters. The molecule has 1 aliphatic rings. The van der Waals surface area contributed by atoms with Crippen LogP contribution >= 0.6 is 0 Å². The van der Waals surface area contributed by atoms with Gasteiger partial charge in [0.2, 0.25) is 0 Å². The van der Waals surface area contributed by atoms with Crippen molar-refractivity contribution in [1.29, 1.82) is 0 Å². The van der Waals surface area contributed by atoms with Gasteiger partial charge in [0.05, 0.1) is 19.6 Å². The van der Waals surface area contributed by atoms with Gasteiger partial charge >= 0.3 is 24.0 Å². The van der Waals surface area contributed by atoms with Gasteiger partial charge in [0.15, 0.2) is 11.8 Å². The largest absolute Gasteiger partial charge is 0.481 e. The molecular formula is C11H16N2O9. The average molecular weight is 320 g/mol. The minimum Gasteiger partial charge on any atom is -0.481 e. The number of aliphatic carboxylic acids is 3. The van der Waals surface area contributed by atoms with Crippen LogP contribution in [-0.4, -0.2) is 80.8 Å². The standard InChI is InChI=1S/C11H16N2O9/c14-6(15)1-3-13(10(20)21)11(2-4-22-11)8(9(18)19)12-5-7(16)17/h8,12H,1-5H2,(H,14,15)(H,16,17)(H,18,19)(H,20,21). The molecule has 2 unspecified atom stereocenters. The highest BCUT2D eigenvalue weighted by atomic mass is 16.6. The highest BCUT2D eigenvalue weighted by Gasteiger charge is 2.55. The summed E-state index contributed by atoms with van der Waals surface area (Å²) in [5, 5.41) is 37.9. The maximum absolute atomic E-state index is 11.3. The topological polar surface area (TPSA) is 174 Å². The SMILES string of the molecule is O=C(O)CCN(C(=O)O)C1(C(NCC(=O)O)C(=O)O)CCO1. The van der Waals surface area contributed by atoms with Crippen LogP contribution in [0, 0.1) is 0 Å². The number of hydrogen-bond acceptors (Lipinski definition) is 6. The fraction of sp³-hybridized carbons (Fsp3) is 0.636. The predicted octanol–water partition coefficient (Wildman–Crippen LogP) is -1.31. The summed E-state index contributed by atoms with van der Waals surface area (Å²) in [5.41, 5.74) is -1.83. The number of rotatable bonds is 9. The van der Waals surface area contributed by atoms with Gasteiger partial charge in [-0.3, -0.25) is 24.6 Å². The molecule has 11 heteroatoms. The molecule has 1 aliphatic heterocycles. The van der Waals surface area contributed by atoms with Crippen molar-refractivity contribution in [2.24, 2.45) is 0 Å². The first-order valence-corrected chi connectivity index (χ1v) is 6.25. The molecule has 0 aliphatic carbocycles. The summed E-state index contributed by atoms with van der Waals surface area (Å²) in [6.07, 6.45) is -2.09. The van der Waals surface area contributed by atoms with E-state index in [1.54, 1.807) is 0 Å². The van der Waals surface area contributed by atoms with Crippen LogP contribution in [0.3, 0.4) is 0 Å². The van der Waals surface area contributed by atoms with E-state index in [0.717, 1.165) is 0 Å². The van der Waals surface area contributed by atoms with Gasteiger partial charge in [0.25, 0.3) is 0 Å². The van der Waals surface area contributed by atoms with Crippen LogP contribution < -0.4 is 5.32 Å². The number of carboxylic acid groups (broad SMARTS) is 4. The Labute approximate surface area is 124 Å². The summed E-state index contributed by atoms with van der Waals surface area (Å²) in [7, 11) is 0. The second kappa shape index (κ2) is 7.04. The lowest BCUT2D eigenvalue weighted by atomic mass is 9.93. The monoisotopic (exact) mass is 320 g/mol. The van der Waals surface area contributed by atoms with Gasteiger partial charge in [-0.25, -0.2) is 4.79 Å². The third kappa shape index (κ3) is 3.83. The zero-order valence-electron chi connectivity index (χ0n) is 11.4. The van der Waals surface area contributed by atoms with E-state index in [9.17, 15) is 29.4 Å². The first-order valence-electron chi connectivity index (χ1n) is 6.25. The number of carbonyl (C=O) groups is 4. The van der Waals surface area contributed by atoms with Crippen molar-refractivity contribution >= 4 is 24.0 Å². The number of carboxylic acids is 3. The molecule has 0 saturated carbocycles. The molecule has 1 rings (SSSR count). The van der Waals surface area contributed by atoms with Crippen molar-refractivity contribution in [2.45, 2.75) is 24.6 Å². The Bertz CT molecular complexity index is 436. The van der Waals surface area contributed by atoms with Crippen LogP contribution in [0.2, 0.25) is 0 Å². The summed E-state index contributed by atoms with van der Waals surface area (Å²) in [6.45, 7) is -1.12. The number of hydrogen-bond donors (Lipinski definition) is 5. The molecule has 0 radical (unpaired) electrons. The number of amides is 1. The van der Waals surface area contributed by atoms with E-state index >= 15 is 0 Å². The molecule has 1 heterocycles. The Morgan fingerprint density at radius 2 is 1.73 bits per heavy atom. The quantitative estimate of drug-likeness (QED) is 0.343. The molecule has 1 amide bonds. The van der Waals surface area contributed by atoms with Crippen LogP contribution in [-0.2, 0) is 19.1 Å². The van der Waals surface area contributed by atoms with Crippen molar-refractivity contribution in [3.8, 4) is 0 Å². The maximum Gasteiger partial charge on any atom is 0.409 e. The van der Waals surface area contributed by atoms with E-state index in [1.165, 1.54) is 0 Å². The van der Waals surface area contributed by atoms with E-state index in [4.69, 9.17) is 14.9 Å². The highest BCUT2D eigenvalue weighted by Crippen LogP contribution is 2.34. The Morgan fingerprint density at radius 3 is 2.05 bits per heavy atom. The van der Waals surface area contributed by atoms with E-state index in [-0.39, 0.29) is 13.0 Å². The highest BCUT2D eigenvalue weighted by molar-refractivity contribution is 5.79. The van der Waals surface area contributed by atoms with Gasteiger partial charge in [-0.15, -0.1) is 0 Å². The second-order valence-electron chi connectivity index (χ2n) is 4.57. The number of nitrogens with one attached hydrogen (secondary N) is 1. The van der Waals surface area contributed by atoms with Gasteiger partial charge in [-0.2, -0.15) is 0 Å². The molecule has 11 nitrogen and oxygen atoms in total. The van der Waals surface area contributed by atoms with E-state index in [2.05, 4.69) is 5.32 Å². The Balaban J connectivity index is 3.02. The first kappa shape index (κ1) is 17.7. The van der Waals surface area contributed by atoms with Crippen LogP contribution in [0.1, 0.15) is 12.8 Å². The normalized spacial score (nSPS) is 21.5. The van der Waals surface area contributed by atoms with Gasteiger partial charge in [-0.05, 0) is 0 Å². The van der Waals surface area contributed by atoms with E-state index in [1.807, 2.05) is 0 Å². The van der Waals surface area contributed by atoms with Crippen molar-refractivity contribution in [2.75, 3.05) is 19.7 Å². The molecule has 0 spiro atoms. The van der Waals surface area contributed by atoms with Crippen LogP contribution in [0.25, 0.3) is 0 Å². The molecule has 1 fully saturated rings. The van der Waals surface area contributed by atoms with E-state index < -0.39 is 55.3 Å². The molecule has 0 aromatic rings. The molecule has 22 heavy (non-hydrogen) atoms. The Hall–Kier alpha value is -2.40. The average Bonchev–Trinajstić information content (AvgIpc) is 2.32. The van der Waals surface area contributed by atoms with Crippen molar-refractivity contribution in [3.63, 3.8) is 0 Å². The lowest BCUT2D eigenvalue weighted by Gasteiger charge is -2.51. The summed E-state index contributed by atoms with van der Waals surface area (Å²) in [4.78, 5) is 44.4. The van der Waals surface area contributed by atoms with Crippen molar-refractivity contribution in [1.82, 2.24) is 10.2 Å². The molecule has 124 valence electrons. The number of nitrogens with zero attached hydrogens (tertiary/aromatic N) is 1. The molecule has 0 aromatic carbocycles. The minimum atomic E-state index is -1.83. The van der Waals surface area contributed by atoms with Gasteiger partial charge in [0, 0.05) is 13.0 Å². The maximum atomic E-state index is 11.3. The summed E-state index contributed by atoms with van der Waals surface area (Å²) >= 11 is 0. The lowest BCUT2D eigenvalue weighted by Crippen LogP contribution is -2.72. The lowest BCUT2D eigenvalue weighted by molar-refractivity contribution is -0.243. The zero-order valence-corrected chi connectivity index (χ0v) is 11.4. The second-order valence-corrected chi connectivity index (χ2v) is 4.57. The molecule has 0 aromatic heterocycles. The molecule has 1 saturated heterocycles. The van der Waals surface area contributed by atoms with E-state index in [0.29, 0.717) is 4.90 Å². The molecule has 5 N–H and O–H groups in total. The minimum absolute atomic E-state index is 0.00248. The van der Waals surface area contributed by atoms with Crippen LogP contribution in [0.15, 0.2) is 0 Å². The number of ether oxygens (including phenoxy) is 1. The summed E-state index contributed by atoms with van der Waals surface area (Å²) in [6, 6.07) is -1.64. The summed E-state index contributed by atoms with van der Waals surface area (Å²) < 4.78 is 5.15. The fourth-order valence-electron chi connectivity index (χ4n) is 2.19. The Morgan fingerprint density at radius 1 is 1.14 bits per heavy atom. The predicted molar refractivity (Wildman–Crippen MR) is 67.3 cm³/mol. The van der Waals surface area contributed by atoms with Crippen LogP contribution in [0.4, 0.5) is 4.79 Å².